The molecule has 0 spiro atoms. The number of benzene rings is 1. The monoisotopic (exact) mass is 292 g/mol. The van der Waals surface area contributed by atoms with Crippen LogP contribution in [-0.4, -0.2) is 43.3 Å². The number of urea groups is 1. The van der Waals surface area contributed by atoms with E-state index in [9.17, 15) is 4.79 Å². The average Bonchev–Trinajstić information content (AvgIpc) is 2.49. The zero-order valence-corrected chi connectivity index (χ0v) is 13.0. The van der Waals surface area contributed by atoms with E-state index in [0.29, 0.717) is 26.3 Å². The molecule has 1 aromatic carbocycles. The fraction of sp³-hybridized carbons (Fsp3) is 0.562. The number of carbonyl (C=O) groups is 1. The SMILES string of the molecule is CC[C@]1(C)CN(C(=O)Nc2ccc(COC)cc2)CCO1. The summed E-state index contributed by atoms with van der Waals surface area (Å²) in [6, 6.07) is 7.62. The first-order valence-corrected chi connectivity index (χ1v) is 7.34. The van der Waals surface area contributed by atoms with Crippen LogP contribution in [0.5, 0.6) is 0 Å². The van der Waals surface area contributed by atoms with Gasteiger partial charge in [0.1, 0.15) is 0 Å². The molecule has 1 atom stereocenters. The summed E-state index contributed by atoms with van der Waals surface area (Å²) in [6.07, 6.45) is 0.891. The normalized spacial score (nSPS) is 22.1. The molecule has 1 N–H and O–H groups in total. The van der Waals surface area contributed by atoms with Gasteiger partial charge in [0, 0.05) is 19.3 Å². The second-order valence-electron chi connectivity index (χ2n) is 5.63. The summed E-state index contributed by atoms with van der Waals surface area (Å²) < 4.78 is 10.8. The average molecular weight is 292 g/mol. The van der Waals surface area contributed by atoms with Gasteiger partial charge < -0.3 is 19.7 Å². The van der Waals surface area contributed by atoms with Crippen LogP contribution in [0.2, 0.25) is 0 Å². The third kappa shape index (κ3) is 4.19. The number of nitrogens with one attached hydrogen (secondary N) is 1. The second kappa shape index (κ2) is 6.91. The maximum absolute atomic E-state index is 12.3. The lowest BCUT2D eigenvalue weighted by molar-refractivity contribution is -0.0860. The van der Waals surface area contributed by atoms with Crippen molar-refractivity contribution < 1.29 is 14.3 Å². The summed E-state index contributed by atoms with van der Waals surface area (Å²) >= 11 is 0. The van der Waals surface area contributed by atoms with E-state index < -0.39 is 0 Å². The molecule has 5 nitrogen and oxygen atoms in total. The van der Waals surface area contributed by atoms with E-state index in [-0.39, 0.29) is 11.6 Å². The van der Waals surface area contributed by atoms with Crippen molar-refractivity contribution in [2.45, 2.75) is 32.5 Å². The molecule has 0 bridgehead atoms. The lowest BCUT2D eigenvalue weighted by Gasteiger charge is -2.39. The lowest BCUT2D eigenvalue weighted by Crippen LogP contribution is -2.53. The highest BCUT2D eigenvalue weighted by Gasteiger charge is 2.32. The van der Waals surface area contributed by atoms with Crippen LogP contribution in [0.4, 0.5) is 10.5 Å². The molecule has 0 saturated carbocycles. The van der Waals surface area contributed by atoms with Crippen molar-refractivity contribution in [2.24, 2.45) is 0 Å². The first kappa shape index (κ1) is 15.8. The number of hydrogen-bond acceptors (Lipinski definition) is 3. The minimum absolute atomic E-state index is 0.0718. The van der Waals surface area contributed by atoms with E-state index in [2.05, 4.69) is 12.2 Å². The summed E-state index contributed by atoms with van der Waals surface area (Å²) in [6.45, 7) is 6.54. The number of anilines is 1. The molecular weight excluding hydrogens is 268 g/mol. The van der Waals surface area contributed by atoms with Crippen LogP contribution in [0.3, 0.4) is 0 Å². The Kier molecular flexibility index (Phi) is 5.20. The highest BCUT2D eigenvalue weighted by Crippen LogP contribution is 2.21. The number of rotatable bonds is 4. The number of carbonyl (C=O) groups excluding carboxylic acids is 1. The molecule has 0 aromatic heterocycles. The maximum Gasteiger partial charge on any atom is 0.322 e. The summed E-state index contributed by atoms with van der Waals surface area (Å²) in [5.41, 5.74) is 1.64. The smallest absolute Gasteiger partial charge is 0.322 e. The Morgan fingerprint density at radius 1 is 1.43 bits per heavy atom. The Bertz CT molecular complexity index is 475. The highest BCUT2D eigenvalue weighted by atomic mass is 16.5. The van der Waals surface area contributed by atoms with Crippen LogP contribution in [-0.2, 0) is 16.1 Å². The second-order valence-corrected chi connectivity index (χ2v) is 5.63. The van der Waals surface area contributed by atoms with Gasteiger partial charge in [0.05, 0.1) is 25.4 Å². The van der Waals surface area contributed by atoms with Crippen LogP contribution in [0, 0.1) is 0 Å². The summed E-state index contributed by atoms with van der Waals surface area (Å²) in [7, 11) is 1.67. The van der Waals surface area contributed by atoms with Gasteiger partial charge in [0.15, 0.2) is 0 Å². The zero-order chi connectivity index (χ0) is 15.3. The predicted molar refractivity (Wildman–Crippen MR) is 82.4 cm³/mol. The summed E-state index contributed by atoms with van der Waals surface area (Å²) in [4.78, 5) is 14.1. The van der Waals surface area contributed by atoms with Crippen molar-refractivity contribution in [1.82, 2.24) is 4.90 Å². The topological polar surface area (TPSA) is 50.8 Å². The first-order valence-electron chi connectivity index (χ1n) is 7.34. The Labute approximate surface area is 126 Å². The van der Waals surface area contributed by atoms with Gasteiger partial charge in [-0.25, -0.2) is 4.79 Å². The van der Waals surface area contributed by atoms with E-state index in [0.717, 1.165) is 17.7 Å². The highest BCUT2D eigenvalue weighted by molar-refractivity contribution is 5.89. The quantitative estimate of drug-likeness (QED) is 0.928. The molecular formula is C16H24N2O3. The summed E-state index contributed by atoms with van der Waals surface area (Å²) in [5, 5.41) is 2.93. The number of amides is 2. The van der Waals surface area contributed by atoms with E-state index in [1.54, 1.807) is 7.11 Å². The lowest BCUT2D eigenvalue weighted by atomic mass is 10.0. The van der Waals surface area contributed by atoms with Gasteiger partial charge in [-0.1, -0.05) is 19.1 Å². The molecule has 0 unspecified atom stereocenters. The van der Waals surface area contributed by atoms with Crippen molar-refractivity contribution in [1.29, 1.82) is 0 Å². The fourth-order valence-electron chi connectivity index (χ4n) is 2.37. The minimum Gasteiger partial charge on any atom is -0.380 e. The number of morpholine rings is 1. The Hall–Kier alpha value is -1.59. The van der Waals surface area contributed by atoms with Crippen LogP contribution < -0.4 is 5.32 Å². The van der Waals surface area contributed by atoms with Crippen LogP contribution >= 0.6 is 0 Å². The van der Waals surface area contributed by atoms with Crippen LogP contribution in [0.15, 0.2) is 24.3 Å². The van der Waals surface area contributed by atoms with Crippen molar-refractivity contribution in [3.05, 3.63) is 29.8 Å². The van der Waals surface area contributed by atoms with Gasteiger partial charge in [0.2, 0.25) is 0 Å². The largest absolute Gasteiger partial charge is 0.380 e. The first-order chi connectivity index (χ1) is 10.1. The van der Waals surface area contributed by atoms with E-state index in [1.165, 1.54) is 0 Å². The Morgan fingerprint density at radius 3 is 2.76 bits per heavy atom. The number of nitrogens with zero attached hydrogens (tertiary/aromatic N) is 1. The zero-order valence-electron chi connectivity index (χ0n) is 13.0. The molecule has 1 aliphatic heterocycles. The molecule has 0 aliphatic carbocycles. The molecule has 1 aromatic rings. The molecule has 21 heavy (non-hydrogen) atoms. The molecule has 2 rings (SSSR count). The van der Waals surface area contributed by atoms with E-state index >= 15 is 0 Å². The number of hydrogen-bond donors (Lipinski definition) is 1. The molecule has 5 heteroatoms. The Morgan fingerprint density at radius 2 is 2.14 bits per heavy atom. The summed E-state index contributed by atoms with van der Waals surface area (Å²) in [5.74, 6) is 0. The van der Waals surface area contributed by atoms with Gasteiger partial charge >= 0.3 is 6.03 Å². The maximum atomic E-state index is 12.3. The van der Waals surface area contributed by atoms with Gasteiger partial charge in [-0.05, 0) is 31.0 Å². The molecule has 1 fully saturated rings. The van der Waals surface area contributed by atoms with E-state index in [4.69, 9.17) is 9.47 Å². The number of methoxy groups -OCH3 is 1. The van der Waals surface area contributed by atoms with Gasteiger partial charge in [-0.2, -0.15) is 0 Å². The molecule has 2 amide bonds. The third-order valence-electron chi connectivity index (χ3n) is 3.89. The van der Waals surface area contributed by atoms with Gasteiger partial charge in [0.25, 0.3) is 0 Å². The fourth-order valence-corrected chi connectivity index (χ4v) is 2.37. The molecule has 0 radical (unpaired) electrons. The minimum atomic E-state index is -0.238. The molecule has 1 heterocycles. The molecule has 1 aliphatic rings. The third-order valence-corrected chi connectivity index (χ3v) is 3.89. The standard InChI is InChI=1S/C16H24N2O3/c1-4-16(2)12-18(9-10-21-16)15(19)17-14-7-5-13(6-8-14)11-20-3/h5-8H,4,9-12H2,1-3H3,(H,17,19)/t16-/m1/s1. The van der Waals surface area contributed by atoms with Crippen LogP contribution in [0.1, 0.15) is 25.8 Å². The molecule has 116 valence electrons. The number of ether oxygens (including phenoxy) is 2. The van der Waals surface area contributed by atoms with Crippen molar-refractivity contribution in [3.63, 3.8) is 0 Å². The Balaban J connectivity index is 1.94. The molecule has 1 saturated heterocycles. The van der Waals surface area contributed by atoms with Crippen molar-refractivity contribution in [3.8, 4) is 0 Å². The van der Waals surface area contributed by atoms with Crippen molar-refractivity contribution >= 4 is 11.7 Å². The van der Waals surface area contributed by atoms with Gasteiger partial charge in [-0.15, -0.1) is 0 Å². The van der Waals surface area contributed by atoms with Crippen LogP contribution in [0.25, 0.3) is 0 Å². The van der Waals surface area contributed by atoms with E-state index in [1.807, 2.05) is 36.1 Å². The van der Waals surface area contributed by atoms with Crippen molar-refractivity contribution in [2.75, 3.05) is 32.1 Å². The predicted octanol–water partition coefficient (Wildman–Crippen LogP) is 2.87. The van der Waals surface area contributed by atoms with Gasteiger partial charge in [-0.3, -0.25) is 0 Å².